The van der Waals surface area contributed by atoms with E-state index in [2.05, 4.69) is 0 Å². The highest BCUT2D eigenvalue weighted by Crippen LogP contribution is 2.12. The highest BCUT2D eigenvalue weighted by atomic mass is 16.6. The fourth-order valence-corrected chi connectivity index (χ4v) is 1.75. The van der Waals surface area contributed by atoms with Gasteiger partial charge in [-0.2, -0.15) is 4.90 Å². The largest absolute Gasteiger partial charge is 0.480 e. The maximum absolute atomic E-state index is 12.1. The van der Waals surface area contributed by atoms with Gasteiger partial charge in [-0.05, 0) is 32.2 Å². The first-order chi connectivity index (χ1) is 11.0. The Kier molecular flexibility index (Phi) is 11.7. The molecule has 3 N–H and O–H groups in total. The summed E-state index contributed by atoms with van der Waals surface area (Å²) in [5.41, 5.74) is 5.38. The van der Waals surface area contributed by atoms with Gasteiger partial charge in [0.25, 0.3) is 0 Å². The van der Waals surface area contributed by atoms with E-state index < -0.39 is 24.2 Å². The Morgan fingerprint density at radius 1 is 1.00 bits per heavy atom. The minimum atomic E-state index is -1.35. The van der Waals surface area contributed by atoms with Gasteiger partial charge in [-0.15, -0.1) is 0 Å². The fraction of sp³-hybridized carbons (Fsp3) is 0.800. The molecule has 0 saturated heterocycles. The van der Waals surface area contributed by atoms with Crippen LogP contribution in [0.2, 0.25) is 0 Å². The number of imide groups is 1. The van der Waals surface area contributed by atoms with Gasteiger partial charge >= 0.3 is 18.2 Å². The van der Waals surface area contributed by atoms with E-state index in [9.17, 15) is 19.5 Å². The summed E-state index contributed by atoms with van der Waals surface area (Å²) in [6, 6.07) is -1.35. The number of carboxylic acid groups (broad SMARTS) is 1. The van der Waals surface area contributed by atoms with E-state index >= 15 is 0 Å². The number of rotatable bonds is 11. The fourth-order valence-electron chi connectivity index (χ4n) is 1.75. The molecule has 0 rings (SSSR count). The van der Waals surface area contributed by atoms with Gasteiger partial charge in [0.15, 0.2) is 0 Å². The molecule has 0 fully saturated rings. The van der Waals surface area contributed by atoms with E-state index in [0.717, 1.165) is 12.8 Å². The van der Waals surface area contributed by atoms with Gasteiger partial charge in [0.05, 0.1) is 13.2 Å². The van der Waals surface area contributed by atoms with Crippen LogP contribution in [0, 0.1) is 0 Å². The molecular weight excluding hydrogens is 304 g/mol. The Balaban J connectivity index is 5.03. The second-order valence-electron chi connectivity index (χ2n) is 5.09. The second-order valence-corrected chi connectivity index (χ2v) is 5.09. The van der Waals surface area contributed by atoms with Crippen molar-refractivity contribution >= 4 is 18.2 Å². The molecule has 0 bridgehead atoms. The lowest BCUT2D eigenvalue weighted by Gasteiger charge is -2.25. The number of carboxylic acids is 1. The van der Waals surface area contributed by atoms with E-state index in [1.54, 1.807) is 0 Å². The average molecular weight is 332 g/mol. The van der Waals surface area contributed by atoms with Gasteiger partial charge in [-0.25, -0.2) is 14.4 Å². The molecule has 2 amide bonds. The van der Waals surface area contributed by atoms with Crippen molar-refractivity contribution in [3.05, 3.63) is 0 Å². The molecule has 8 nitrogen and oxygen atoms in total. The van der Waals surface area contributed by atoms with E-state index in [0.29, 0.717) is 24.2 Å². The van der Waals surface area contributed by atoms with Crippen LogP contribution in [-0.4, -0.2) is 54.0 Å². The minimum Gasteiger partial charge on any atom is -0.480 e. The zero-order chi connectivity index (χ0) is 17.7. The topological polar surface area (TPSA) is 119 Å². The molecule has 0 heterocycles. The van der Waals surface area contributed by atoms with Crippen LogP contribution in [0.4, 0.5) is 9.59 Å². The van der Waals surface area contributed by atoms with Gasteiger partial charge in [0.1, 0.15) is 6.04 Å². The van der Waals surface area contributed by atoms with Crippen molar-refractivity contribution in [2.24, 2.45) is 5.73 Å². The Morgan fingerprint density at radius 3 is 1.83 bits per heavy atom. The number of ether oxygens (including phenoxy) is 2. The summed E-state index contributed by atoms with van der Waals surface area (Å²) < 4.78 is 9.95. The Bertz CT molecular complexity index is 353. The molecule has 1 unspecified atom stereocenters. The van der Waals surface area contributed by atoms with Crippen molar-refractivity contribution in [1.82, 2.24) is 4.90 Å². The van der Waals surface area contributed by atoms with Crippen LogP contribution in [0.1, 0.15) is 52.4 Å². The highest BCUT2D eigenvalue weighted by molar-refractivity contribution is 5.93. The van der Waals surface area contributed by atoms with Crippen molar-refractivity contribution in [2.45, 2.75) is 58.4 Å². The summed E-state index contributed by atoms with van der Waals surface area (Å²) >= 11 is 0. The molecular formula is C15H28N2O6. The number of unbranched alkanes of at least 4 members (excludes halogenated alkanes) is 2. The molecule has 0 aliphatic heterocycles. The maximum atomic E-state index is 12.1. The first kappa shape index (κ1) is 21.2. The normalized spacial score (nSPS) is 11.6. The first-order valence-corrected chi connectivity index (χ1v) is 8.05. The van der Waals surface area contributed by atoms with Crippen LogP contribution in [0.5, 0.6) is 0 Å². The molecule has 0 aliphatic carbocycles. The molecule has 0 spiro atoms. The van der Waals surface area contributed by atoms with Crippen molar-refractivity contribution in [3.8, 4) is 0 Å². The van der Waals surface area contributed by atoms with Crippen LogP contribution >= 0.6 is 0 Å². The number of aliphatic carboxylic acids is 1. The SMILES string of the molecule is CCCCOC(=O)N(C(=O)OCCCC)C(CCCN)C(=O)O. The lowest BCUT2D eigenvalue weighted by Crippen LogP contribution is -2.49. The Hall–Kier alpha value is -1.83. The van der Waals surface area contributed by atoms with Crippen molar-refractivity contribution in [1.29, 1.82) is 0 Å². The monoisotopic (exact) mass is 332 g/mol. The number of hydrogen-bond acceptors (Lipinski definition) is 6. The number of carbonyl (C=O) groups excluding carboxylic acids is 2. The van der Waals surface area contributed by atoms with E-state index in [4.69, 9.17) is 15.2 Å². The molecule has 1 atom stereocenters. The lowest BCUT2D eigenvalue weighted by molar-refractivity contribution is -0.142. The predicted molar refractivity (Wildman–Crippen MR) is 84.1 cm³/mol. The zero-order valence-corrected chi connectivity index (χ0v) is 14.0. The van der Waals surface area contributed by atoms with Gasteiger partial charge in [0, 0.05) is 0 Å². The number of carbonyl (C=O) groups is 3. The van der Waals surface area contributed by atoms with Gasteiger partial charge in [0.2, 0.25) is 0 Å². The quantitative estimate of drug-likeness (QED) is 0.557. The van der Waals surface area contributed by atoms with Crippen molar-refractivity contribution in [2.75, 3.05) is 19.8 Å². The van der Waals surface area contributed by atoms with Crippen molar-refractivity contribution in [3.63, 3.8) is 0 Å². The minimum absolute atomic E-state index is 0.0532. The van der Waals surface area contributed by atoms with Gasteiger partial charge < -0.3 is 20.3 Å². The third-order valence-electron chi connectivity index (χ3n) is 3.12. The maximum Gasteiger partial charge on any atom is 0.420 e. The van der Waals surface area contributed by atoms with E-state index in [1.165, 1.54) is 0 Å². The standard InChI is InChI=1S/C15H28N2O6/c1-3-5-10-22-14(20)17(15(21)23-11-6-4-2)12(13(18)19)8-7-9-16/h12H,3-11,16H2,1-2H3,(H,18,19). The zero-order valence-electron chi connectivity index (χ0n) is 14.0. The Labute approximate surface area is 136 Å². The summed E-state index contributed by atoms with van der Waals surface area (Å²) in [4.78, 5) is 36.2. The van der Waals surface area contributed by atoms with Crippen LogP contribution in [0.15, 0.2) is 0 Å². The molecule has 0 aromatic rings. The highest BCUT2D eigenvalue weighted by Gasteiger charge is 2.36. The summed E-state index contributed by atoms with van der Waals surface area (Å²) in [5.74, 6) is -1.29. The van der Waals surface area contributed by atoms with Gasteiger partial charge in [-0.3, -0.25) is 0 Å². The number of amides is 2. The summed E-state index contributed by atoms with van der Waals surface area (Å²) in [5, 5.41) is 9.31. The lowest BCUT2D eigenvalue weighted by atomic mass is 10.1. The molecule has 0 saturated carbocycles. The molecule has 0 aromatic heterocycles. The van der Waals surface area contributed by atoms with Crippen LogP contribution in [0.25, 0.3) is 0 Å². The van der Waals surface area contributed by atoms with Crippen LogP contribution in [0.3, 0.4) is 0 Å². The summed E-state index contributed by atoms with van der Waals surface area (Å²) in [6.45, 7) is 4.35. The van der Waals surface area contributed by atoms with E-state index in [-0.39, 0.29) is 26.2 Å². The molecule has 23 heavy (non-hydrogen) atoms. The second kappa shape index (κ2) is 12.7. The van der Waals surface area contributed by atoms with E-state index in [1.807, 2.05) is 13.8 Å². The molecule has 0 aromatic carbocycles. The van der Waals surface area contributed by atoms with Gasteiger partial charge in [-0.1, -0.05) is 26.7 Å². The number of hydrogen-bond donors (Lipinski definition) is 2. The van der Waals surface area contributed by atoms with Crippen LogP contribution < -0.4 is 5.73 Å². The third kappa shape index (κ3) is 8.39. The van der Waals surface area contributed by atoms with Crippen molar-refractivity contribution < 1.29 is 29.0 Å². The number of nitrogens with zero attached hydrogens (tertiary/aromatic N) is 1. The third-order valence-corrected chi connectivity index (χ3v) is 3.12. The smallest absolute Gasteiger partial charge is 0.420 e. The average Bonchev–Trinajstić information content (AvgIpc) is 2.51. The molecule has 0 radical (unpaired) electrons. The number of nitrogens with two attached hydrogens (primary N) is 1. The van der Waals surface area contributed by atoms with Crippen LogP contribution in [-0.2, 0) is 14.3 Å². The summed E-state index contributed by atoms with van der Waals surface area (Å²) in [7, 11) is 0. The predicted octanol–water partition coefficient (Wildman–Crippen LogP) is 2.35. The molecule has 0 aliphatic rings. The molecule has 134 valence electrons. The summed E-state index contributed by atoms with van der Waals surface area (Å²) in [6.07, 6.45) is 1.30. The first-order valence-electron chi connectivity index (χ1n) is 8.05. The Morgan fingerprint density at radius 2 is 1.48 bits per heavy atom. The molecule has 8 heteroatoms.